The third kappa shape index (κ3) is 5.99. The van der Waals surface area contributed by atoms with Gasteiger partial charge >= 0.3 is 6.09 Å². The van der Waals surface area contributed by atoms with E-state index in [0.717, 1.165) is 48.5 Å². The number of carbonyl (C=O) groups excluding carboxylic acids is 1. The second kappa shape index (κ2) is 9.65. The van der Waals surface area contributed by atoms with Crippen LogP contribution >= 0.6 is 0 Å². The van der Waals surface area contributed by atoms with Gasteiger partial charge in [-0.25, -0.2) is 4.79 Å². The lowest BCUT2D eigenvalue weighted by Crippen LogP contribution is -2.39. The maximum absolute atomic E-state index is 12.7. The molecule has 1 aliphatic rings. The number of nitrogens with zero attached hydrogens (tertiary/aromatic N) is 2. The molecule has 1 aliphatic heterocycles. The van der Waals surface area contributed by atoms with E-state index < -0.39 is 17.7 Å². The average molecular weight is 410 g/mol. The zero-order valence-electron chi connectivity index (χ0n) is 18.2. The maximum atomic E-state index is 12.7. The molecule has 6 nitrogen and oxygen atoms in total. The minimum Gasteiger partial charge on any atom is -0.497 e. The van der Waals surface area contributed by atoms with E-state index >= 15 is 0 Å². The van der Waals surface area contributed by atoms with Gasteiger partial charge < -0.3 is 14.8 Å². The second-order valence-corrected chi connectivity index (χ2v) is 8.36. The third-order valence-electron chi connectivity index (χ3n) is 4.78. The van der Waals surface area contributed by atoms with Gasteiger partial charge in [0.05, 0.1) is 12.8 Å². The summed E-state index contributed by atoms with van der Waals surface area (Å²) in [6.07, 6.45) is 1.77. The molecule has 0 aromatic heterocycles. The number of alkyl carbamates (subject to hydrolysis) is 1. The highest BCUT2D eigenvalue weighted by Gasteiger charge is 2.26. The number of ether oxygens (including phenoxy) is 2. The number of carbonyl (C=O) groups is 1. The summed E-state index contributed by atoms with van der Waals surface area (Å²) >= 11 is 0. The Labute approximate surface area is 178 Å². The van der Waals surface area contributed by atoms with Crippen molar-refractivity contribution in [1.29, 1.82) is 0 Å². The standard InChI is InChI=1S/C24H31N3O3/c1-24(2,3)30-23(28)25-21(18-10-6-5-7-11-18)22(26-27-16-8-9-17-27)19-12-14-20(29-4)15-13-19/h5-7,10-15,21H,8-9,16-17H2,1-4H3,(H,25,28)/b26-22-/t21-/m1/s1. The predicted molar refractivity (Wildman–Crippen MR) is 119 cm³/mol. The molecule has 1 amide bonds. The first-order chi connectivity index (χ1) is 14.4. The van der Waals surface area contributed by atoms with Crippen LogP contribution in [0.4, 0.5) is 4.79 Å². The first-order valence-corrected chi connectivity index (χ1v) is 10.4. The van der Waals surface area contributed by atoms with Crippen molar-refractivity contribution < 1.29 is 14.3 Å². The average Bonchev–Trinajstić information content (AvgIpc) is 3.23. The molecule has 1 fully saturated rings. The lowest BCUT2D eigenvalue weighted by molar-refractivity contribution is 0.0517. The molecule has 0 aliphatic carbocycles. The molecule has 1 heterocycles. The second-order valence-electron chi connectivity index (χ2n) is 8.36. The lowest BCUT2D eigenvalue weighted by Gasteiger charge is -2.26. The number of hydrogen-bond donors (Lipinski definition) is 1. The summed E-state index contributed by atoms with van der Waals surface area (Å²) in [5, 5.41) is 10.1. The number of hydrogen-bond acceptors (Lipinski definition) is 5. The van der Waals surface area contributed by atoms with E-state index in [-0.39, 0.29) is 0 Å². The largest absolute Gasteiger partial charge is 0.497 e. The maximum Gasteiger partial charge on any atom is 0.408 e. The van der Waals surface area contributed by atoms with Crippen molar-refractivity contribution in [3.63, 3.8) is 0 Å². The van der Waals surface area contributed by atoms with Gasteiger partial charge in [-0.2, -0.15) is 5.10 Å². The minimum atomic E-state index is -0.586. The van der Waals surface area contributed by atoms with Crippen molar-refractivity contribution in [2.24, 2.45) is 5.10 Å². The number of nitrogens with one attached hydrogen (secondary N) is 1. The topological polar surface area (TPSA) is 63.2 Å². The van der Waals surface area contributed by atoms with Gasteiger partial charge in [0.15, 0.2) is 0 Å². The number of rotatable bonds is 6. The Morgan fingerprint density at radius 3 is 2.23 bits per heavy atom. The van der Waals surface area contributed by atoms with E-state index in [9.17, 15) is 4.79 Å². The molecule has 0 bridgehead atoms. The van der Waals surface area contributed by atoms with Crippen molar-refractivity contribution in [2.45, 2.75) is 45.3 Å². The van der Waals surface area contributed by atoms with E-state index in [1.165, 1.54) is 0 Å². The molecule has 0 radical (unpaired) electrons. The summed E-state index contributed by atoms with van der Waals surface area (Å²) in [4.78, 5) is 12.7. The molecule has 30 heavy (non-hydrogen) atoms. The normalized spacial score (nSPS) is 15.6. The van der Waals surface area contributed by atoms with Gasteiger partial charge in [0.1, 0.15) is 17.4 Å². The van der Waals surface area contributed by atoms with E-state index in [2.05, 4.69) is 10.3 Å². The molecule has 1 N–H and O–H groups in total. The molecule has 160 valence electrons. The molecule has 1 atom stereocenters. The molecule has 1 saturated heterocycles. The molecular weight excluding hydrogens is 378 g/mol. The molecule has 6 heteroatoms. The fourth-order valence-electron chi connectivity index (χ4n) is 3.38. The van der Waals surface area contributed by atoms with E-state index in [1.54, 1.807) is 7.11 Å². The van der Waals surface area contributed by atoms with Crippen LogP contribution in [-0.4, -0.2) is 42.6 Å². The van der Waals surface area contributed by atoms with Crippen LogP contribution in [0.5, 0.6) is 5.75 Å². The number of hydrazone groups is 1. The Bertz CT molecular complexity index is 852. The fourth-order valence-corrected chi connectivity index (χ4v) is 3.38. The van der Waals surface area contributed by atoms with Crippen molar-refractivity contribution >= 4 is 11.8 Å². The van der Waals surface area contributed by atoms with Crippen LogP contribution in [0.1, 0.15) is 50.8 Å². The predicted octanol–water partition coefficient (Wildman–Crippen LogP) is 4.76. The summed E-state index contributed by atoms with van der Waals surface area (Å²) in [6.45, 7) is 7.38. The summed E-state index contributed by atoms with van der Waals surface area (Å²) in [7, 11) is 1.64. The van der Waals surface area contributed by atoms with Gasteiger partial charge in [-0.3, -0.25) is 5.01 Å². The number of methoxy groups -OCH3 is 1. The van der Waals surface area contributed by atoms with Crippen molar-refractivity contribution in [3.05, 3.63) is 65.7 Å². The quantitative estimate of drug-likeness (QED) is 0.699. The van der Waals surface area contributed by atoms with Crippen LogP contribution < -0.4 is 10.1 Å². The summed E-state index contributed by atoms with van der Waals surface area (Å²) in [5.41, 5.74) is 2.05. The molecule has 3 rings (SSSR count). The Morgan fingerprint density at radius 2 is 1.67 bits per heavy atom. The monoisotopic (exact) mass is 409 g/mol. The van der Waals surface area contributed by atoms with Crippen molar-refractivity contribution in [2.75, 3.05) is 20.2 Å². The van der Waals surface area contributed by atoms with E-state index in [0.29, 0.717) is 0 Å². The van der Waals surface area contributed by atoms with Crippen LogP contribution in [0.2, 0.25) is 0 Å². The van der Waals surface area contributed by atoms with E-state index in [4.69, 9.17) is 14.6 Å². The Balaban J connectivity index is 2.01. The molecule has 2 aromatic carbocycles. The Morgan fingerprint density at radius 1 is 1.03 bits per heavy atom. The van der Waals surface area contributed by atoms with Gasteiger partial charge in [0.2, 0.25) is 0 Å². The molecule has 0 unspecified atom stereocenters. The summed E-state index contributed by atoms with van der Waals surface area (Å²) < 4.78 is 10.9. The zero-order valence-corrected chi connectivity index (χ0v) is 18.2. The van der Waals surface area contributed by atoms with Crippen LogP contribution in [-0.2, 0) is 4.74 Å². The smallest absolute Gasteiger partial charge is 0.408 e. The summed E-state index contributed by atoms with van der Waals surface area (Å²) in [5.74, 6) is 0.774. The SMILES string of the molecule is COc1ccc(/C(=N/N2CCCC2)[C@H](NC(=O)OC(C)(C)C)c2ccccc2)cc1. The first kappa shape index (κ1) is 21.7. The van der Waals surface area contributed by atoms with Crippen LogP contribution in [0.3, 0.4) is 0 Å². The van der Waals surface area contributed by atoms with Gasteiger partial charge in [-0.1, -0.05) is 30.3 Å². The van der Waals surface area contributed by atoms with Crippen LogP contribution in [0.15, 0.2) is 59.7 Å². The molecular formula is C24H31N3O3. The van der Waals surface area contributed by atoms with Crippen LogP contribution in [0, 0.1) is 0 Å². The number of benzene rings is 2. The van der Waals surface area contributed by atoms with E-state index in [1.807, 2.05) is 75.4 Å². The zero-order chi connectivity index (χ0) is 21.6. The number of amides is 1. The minimum absolute atomic E-state index is 0.449. The van der Waals surface area contributed by atoms with Crippen molar-refractivity contribution in [1.82, 2.24) is 10.3 Å². The first-order valence-electron chi connectivity index (χ1n) is 10.4. The highest BCUT2D eigenvalue weighted by molar-refractivity contribution is 6.06. The van der Waals surface area contributed by atoms with Crippen molar-refractivity contribution in [3.8, 4) is 5.75 Å². The Hall–Kier alpha value is -3.02. The lowest BCUT2D eigenvalue weighted by atomic mass is 9.96. The van der Waals surface area contributed by atoms with Gasteiger partial charge in [-0.05, 0) is 63.4 Å². The fraction of sp³-hybridized carbons (Fsp3) is 0.417. The molecule has 2 aromatic rings. The third-order valence-corrected chi connectivity index (χ3v) is 4.78. The van der Waals surface area contributed by atoms with Crippen LogP contribution in [0.25, 0.3) is 0 Å². The highest BCUT2D eigenvalue weighted by atomic mass is 16.6. The molecule has 0 spiro atoms. The van der Waals surface area contributed by atoms with Gasteiger partial charge in [0, 0.05) is 18.7 Å². The van der Waals surface area contributed by atoms with Gasteiger partial charge in [0.25, 0.3) is 0 Å². The summed E-state index contributed by atoms with van der Waals surface area (Å²) in [6, 6.07) is 17.2. The Kier molecular flexibility index (Phi) is 6.98. The highest BCUT2D eigenvalue weighted by Crippen LogP contribution is 2.24. The molecule has 0 saturated carbocycles. The van der Waals surface area contributed by atoms with Gasteiger partial charge in [-0.15, -0.1) is 0 Å².